The van der Waals surface area contributed by atoms with Crippen LogP contribution in [0, 0.1) is 6.92 Å². The van der Waals surface area contributed by atoms with E-state index >= 15 is 0 Å². The van der Waals surface area contributed by atoms with Crippen molar-refractivity contribution in [2.75, 3.05) is 0 Å². The smallest absolute Gasteiger partial charge is 0.271 e. The zero-order valence-corrected chi connectivity index (χ0v) is 16.7. The van der Waals surface area contributed by atoms with Gasteiger partial charge in [-0.1, -0.05) is 53.0 Å². The summed E-state index contributed by atoms with van der Waals surface area (Å²) >= 11 is 11.8. The van der Waals surface area contributed by atoms with Crippen LogP contribution in [0.1, 0.15) is 27.0 Å². The summed E-state index contributed by atoms with van der Waals surface area (Å²) in [6.07, 6.45) is 1.55. The van der Waals surface area contributed by atoms with Crippen molar-refractivity contribution in [3.63, 3.8) is 0 Å². The highest BCUT2D eigenvalue weighted by atomic mass is 35.5. The number of ether oxygens (including phenoxy) is 1. The van der Waals surface area contributed by atoms with Gasteiger partial charge in [-0.15, -0.1) is 0 Å². The number of hydrazone groups is 1. The molecule has 0 saturated carbocycles. The predicted octanol–water partition coefficient (Wildman–Crippen LogP) is 5.64. The topological polar surface area (TPSA) is 50.7 Å². The Kier molecular flexibility index (Phi) is 6.69. The van der Waals surface area contributed by atoms with Gasteiger partial charge in [-0.05, 0) is 60.5 Å². The number of hydrogen-bond donors (Lipinski definition) is 1. The van der Waals surface area contributed by atoms with Crippen molar-refractivity contribution in [1.29, 1.82) is 0 Å². The second-order valence-corrected chi connectivity index (χ2v) is 6.99. The maximum absolute atomic E-state index is 12.0. The monoisotopic (exact) mass is 412 g/mol. The Balaban J connectivity index is 1.52. The molecular weight excluding hydrogens is 395 g/mol. The molecule has 0 aliphatic rings. The van der Waals surface area contributed by atoms with Crippen molar-refractivity contribution in [2.24, 2.45) is 5.10 Å². The first kappa shape index (κ1) is 19.9. The minimum atomic E-state index is -0.368. The number of amides is 1. The van der Waals surface area contributed by atoms with Crippen LogP contribution in [0.4, 0.5) is 0 Å². The number of carbonyl (C=O) groups excluding carboxylic acids is 1. The number of carbonyl (C=O) groups is 1. The molecular formula is C22H18Cl2N2O2. The van der Waals surface area contributed by atoms with Crippen molar-refractivity contribution >= 4 is 35.3 Å². The molecule has 6 heteroatoms. The van der Waals surface area contributed by atoms with Crippen LogP contribution in [-0.2, 0) is 6.61 Å². The average molecular weight is 413 g/mol. The molecule has 0 spiro atoms. The molecule has 3 aromatic carbocycles. The molecule has 3 aromatic rings. The highest BCUT2D eigenvalue weighted by Crippen LogP contribution is 2.22. The summed E-state index contributed by atoms with van der Waals surface area (Å²) in [5, 5.41) is 4.67. The van der Waals surface area contributed by atoms with E-state index in [1.807, 2.05) is 36.4 Å². The quantitative estimate of drug-likeness (QED) is 0.420. The normalized spacial score (nSPS) is 10.8. The summed E-state index contributed by atoms with van der Waals surface area (Å²) in [4.78, 5) is 12.0. The molecule has 142 valence electrons. The first-order valence-electron chi connectivity index (χ1n) is 8.58. The van der Waals surface area contributed by atoms with Crippen LogP contribution in [0.25, 0.3) is 0 Å². The van der Waals surface area contributed by atoms with E-state index in [0.717, 1.165) is 16.9 Å². The third-order valence-corrected chi connectivity index (χ3v) is 4.71. The van der Waals surface area contributed by atoms with E-state index < -0.39 is 0 Å². The molecule has 0 aromatic heterocycles. The summed E-state index contributed by atoms with van der Waals surface area (Å²) in [5.74, 6) is 0.394. The maximum atomic E-state index is 12.0. The van der Waals surface area contributed by atoms with Gasteiger partial charge in [0.05, 0.1) is 16.3 Å². The molecule has 28 heavy (non-hydrogen) atoms. The first-order valence-corrected chi connectivity index (χ1v) is 9.34. The molecule has 0 aliphatic carbocycles. The van der Waals surface area contributed by atoms with Crippen LogP contribution >= 0.6 is 23.2 Å². The van der Waals surface area contributed by atoms with Crippen molar-refractivity contribution in [1.82, 2.24) is 5.43 Å². The molecule has 4 nitrogen and oxygen atoms in total. The molecule has 0 saturated heterocycles. The van der Waals surface area contributed by atoms with Crippen LogP contribution in [-0.4, -0.2) is 12.1 Å². The van der Waals surface area contributed by atoms with Crippen molar-refractivity contribution in [2.45, 2.75) is 13.5 Å². The number of aryl methyl sites for hydroxylation is 1. The fourth-order valence-electron chi connectivity index (χ4n) is 2.37. The van der Waals surface area contributed by atoms with Gasteiger partial charge in [-0.25, -0.2) is 5.43 Å². The van der Waals surface area contributed by atoms with E-state index in [0.29, 0.717) is 22.2 Å². The summed E-state index contributed by atoms with van der Waals surface area (Å²) in [5.41, 5.74) is 6.00. The Bertz CT molecular complexity index is 984. The molecule has 0 unspecified atom stereocenters. The zero-order valence-electron chi connectivity index (χ0n) is 15.2. The molecule has 1 amide bonds. The van der Waals surface area contributed by atoms with Crippen LogP contribution in [0.15, 0.2) is 71.8 Å². The van der Waals surface area contributed by atoms with E-state index in [1.54, 1.807) is 18.3 Å². The first-order chi connectivity index (χ1) is 13.5. The van der Waals surface area contributed by atoms with Crippen LogP contribution < -0.4 is 10.2 Å². The third-order valence-electron chi connectivity index (χ3n) is 3.97. The zero-order chi connectivity index (χ0) is 19.9. The third kappa shape index (κ3) is 5.59. The van der Waals surface area contributed by atoms with Crippen molar-refractivity contribution in [3.8, 4) is 5.75 Å². The minimum Gasteiger partial charge on any atom is -0.489 e. The highest BCUT2D eigenvalue weighted by molar-refractivity contribution is 6.42. The van der Waals surface area contributed by atoms with Gasteiger partial charge in [0, 0.05) is 5.56 Å². The lowest BCUT2D eigenvalue weighted by atomic mass is 10.2. The summed E-state index contributed by atoms with van der Waals surface area (Å²) in [7, 11) is 0. The van der Waals surface area contributed by atoms with Crippen LogP contribution in [0.3, 0.4) is 0 Å². The molecule has 0 heterocycles. The summed E-state index contributed by atoms with van der Waals surface area (Å²) in [6.45, 7) is 2.56. The fourth-order valence-corrected chi connectivity index (χ4v) is 2.67. The number of rotatable bonds is 6. The molecule has 0 aliphatic heterocycles. The predicted molar refractivity (Wildman–Crippen MR) is 113 cm³/mol. The molecule has 0 atom stereocenters. The van der Waals surface area contributed by atoms with Crippen molar-refractivity contribution in [3.05, 3.63) is 99.0 Å². The number of benzene rings is 3. The van der Waals surface area contributed by atoms with Gasteiger partial charge in [0.25, 0.3) is 5.91 Å². The second kappa shape index (κ2) is 9.40. The number of nitrogens with one attached hydrogen (secondary N) is 1. The fraction of sp³-hybridized carbons (Fsp3) is 0.0909. The molecule has 0 radical (unpaired) electrons. The molecule has 3 rings (SSSR count). The number of nitrogens with zero attached hydrogens (tertiary/aromatic N) is 1. The lowest BCUT2D eigenvalue weighted by Gasteiger charge is -2.07. The van der Waals surface area contributed by atoms with Crippen LogP contribution in [0.5, 0.6) is 5.75 Å². The Labute approximate surface area is 173 Å². The van der Waals surface area contributed by atoms with Gasteiger partial charge in [-0.2, -0.15) is 5.10 Å². The van der Waals surface area contributed by atoms with E-state index in [4.69, 9.17) is 27.9 Å². The lowest BCUT2D eigenvalue weighted by molar-refractivity contribution is 0.0955. The van der Waals surface area contributed by atoms with E-state index in [1.165, 1.54) is 11.6 Å². The molecule has 0 fully saturated rings. The summed E-state index contributed by atoms with van der Waals surface area (Å²) in [6, 6.07) is 20.3. The summed E-state index contributed by atoms with van der Waals surface area (Å²) < 4.78 is 5.77. The highest BCUT2D eigenvalue weighted by Gasteiger charge is 2.06. The average Bonchev–Trinajstić information content (AvgIpc) is 2.70. The molecule has 0 bridgehead atoms. The van der Waals surface area contributed by atoms with E-state index in [9.17, 15) is 4.79 Å². The minimum absolute atomic E-state index is 0.319. The lowest BCUT2D eigenvalue weighted by Crippen LogP contribution is -2.17. The maximum Gasteiger partial charge on any atom is 0.271 e. The SMILES string of the molecule is Cc1ccc(COc2ccc(/C=N/NC(=O)c3ccc(Cl)c(Cl)c3)cc2)cc1. The van der Waals surface area contributed by atoms with Gasteiger partial charge < -0.3 is 4.74 Å². The largest absolute Gasteiger partial charge is 0.489 e. The van der Waals surface area contributed by atoms with Crippen LogP contribution in [0.2, 0.25) is 10.0 Å². The second-order valence-electron chi connectivity index (χ2n) is 6.17. The number of halogens is 2. The molecule has 1 N–H and O–H groups in total. The standard InChI is InChI=1S/C22H18Cl2N2O2/c1-15-2-4-17(5-3-15)14-28-19-9-6-16(7-10-19)13-25-26-22(27)18-8-11-20(23)21(24)12-18/h2-13H,14H2,1H3,(H,26,27)/b25-13+. The van der Waals surface area contributed by atoms with Crippen molar-refractivity contribution < 1.29 is 9.53 Å². The van der Waals surface area contributed by atoms with E-state index in [2.05, 4.69) is 29.6 Å². The van der Waals surface area contributed by atoms with Gasteiger partial charge in [0.15, 0.2) is 0 Å². The van der Waals surface area contributed by atoms with E-state index in [-0.39, 0.29) is 5.91 Å². The Hall–Kier alpha value is -2.82. The Morgan fingerprint density at radius 3 is 2.39 bits per heavy atom. The Morgan fingerprint density at radius 2 is 1.71 bits per heavy atom. The van der Waals surface area contributed by atoms with Gasteiger partial charge in [0.2, 0.25) is 0 Å². The Morgan fingerprint density at radius 1 is 1.00 bits per heavy atom. The van der Waals surface area contributed by atoms with Gasteiger partial charge in [0.1, 0.15) is 12.4 Å². The van der Waals surface area contributed by atoms with Gasteiger partial charge in [-0.3, -0.25) is 4.79 Å². The van der Waals surface area contributed by atoms with Gasteiger partial charge >= 0.3 is 0 Å². The number of hydrogen-bond acceptors (Lipinski definition) is 3.